The lowest BCUT2D eigenvalue weighted by molar-refractivity contribution is -0.366. The molecule has 8 fully saturated rings. The zero-order valence-corrected chi connectivity index (χ0v) is 33.6. The molecule has 0 amide bonds. The Morgan fingerprint density at radius 2 is 1.42 bits per heavy atom. The Kier molecular flexibility index (Phi) is 9.90. The molecule has 0 aromatic heterocycles. The predicted octanol–water partition coefficient (Wildman–Crippen LogP) is 0.724. The van der Waals surface area contributed by atoms with Gasteiger partial charge in [-0.05, 0) is 117 Å². The molecule has 3 aliphatic heterocycles. The Hall–Kier alpha value is -0.560. The Balaban J connectivity index is 1.02. The van der Waals surface area contributed by atoms with Crippen LogP contribution >= 0.6 is 0 Å². The van der Waals surface area contributed by atoms with Gasteiger partial charge in [-0.3, -0.25) is 0 Å². The zero-order chi connectivity index (χ0) is 40.1. The van der Waals surface area contributed by atoms with Crippen molar-refractivity contribution in [1.82, 2.24) is 0 Å². The average Bonchev–Trinajstić information content (AvgIpc) is 3.45. The monoisotopic (exact) mass is 784 g/mol. The van der Waals surface area contributed by atoms with E-state index in [0.29, 0.717) is 19.3 Å². The van der Waals surface area contributed by atoms with Crippen molar-refractivity contribution in [3.05, 3.63) is 0 Å². The van der Waals surface area contributed by atoms with Crippen molar-refractivity contribution in [3.63, 3.8) is 0 Å². The summed E-state index contributed by atoms with van der Waals surface area (Å²) in [6, 6.07) is 0. The molecule has 9 N–H and O–H groups in total. The summed E-state index contributed by atoms with van der Waals surface area (Å²) >= 11 is 0. The second-order valence-electron chi connectivity index (χ2n) is 21.1. The molecule has 14 nitrogen and oxygen atoms in total. The minimum absolute atomic E-state index is 0.0193. The first-order valence-corrected chi connectivity index (χ1v) is 20.9. The Labute approximate surface area is 324 Å². The van der Waals surface area contributed by atoms with Gasteiger partial charge in [0.05, 0.1) is 48.8 Å². The van der Waals surface area contributed by atoms with Crippen LogP contribution in [0, 0.1) is 44.8 Å². The van der Waals surface area contributed by atoms with Crippen molar-refractivity contribution in [2.75, 3.05) is 13.2 Å². The molecule has 0 aromatic rings. The molecule has 55 heavy (non-hydrogen) atoms. The molecule has 21 atom stereocenters. The summed E-state index contributed by atoms with van der Waals surface area (Å²) in [6.07, 6.45) is -7.87. The maximum atomic E-state index is 12.4. The molecule has 3 heterocycles. The Bertz CT molecular complexity index is 1460. The van der Waals surface area contributed by atoms with Crippen LogP contribution in [0.1, 0.15) is 106 Å². The van der Waals surface area contributed by atoms with Crippen LogP contribution in [0.15, 0.2) is 0 Å². The van der Waals surface area contributed by atoms with E-state index >= 15 is 0 Å². The van der Waals surface area contributed by atoms with E-state index in [9.17, 15) is 46.0 Å². The molecular formula is C41H68O14. The van der Waals surface area contributed by atoms with Crippen molar-refractivity contribution in [2.45, 2.75) is 197 Å². The normalized spacial score (nSPS) is 58.7. The number of ether oxygens (including phenoxy) is 5. The highest BCUT2D eigenvalue weighted by molar-refractivity contribution is 5.33. The minimum atomic E-state index is -1.72. The van der Waals surface area contributed by atoms with Gasteiger partial charge < -0.3 is 69.6 Å². The van der Waals surface area contributed by atoms with E-state index < -0.39 is 96.8 Å². The maximum absolute atomic E-state index is 12.4. The molecule has 0 radical (unpaired) electrons. The molecule has 0 aromatic carbocycles. The van der Waals surface area contributed by atoms with Crippen LogP contribution in [0.4, 0.5) is 0 Å². The number of aliphatic hydroxyl groups is 9. The highest BCUT2D eigenvalue weighted by Gasteiger charge is 2.85. The van der Waals surface area contributed by atoms with Gasteiger partial charge in [-0.2, -0.15) is 0 Å². The summed E-state index contributed by atoms with van der Waals surface area (Å²) in [5, 5.41) is 97.9. The van der Waals surface area contributed by atoms with Crippen LogP contribution < -0.4 is 0 Å². The van der Waals surface area contributed by atoms with Crippen LogP contribution in [0.5, 0.6) is 0 Å². The van der Waals surface area contributed by atoms with Crippen LogP contribution in [0.25, 0.3) is 0 Å². The number of fused-ring (bicyclic) bond motifs is 2. The first-order valence-electron chi connectivity index (χ1n) is 20.9. The molecule has 2 spiro atoms. The predicted molar refractivity (Wildman–Crippen MR) is 194 cm³/mol. The largest absolute Gasteiger partial charge is 0.394 e. The molecular weight excluding hydrogens is 716 g/mol. The summed E-state index contributed by atoms with van der Waals surface area (Å²) in [6.45, 7) is 13.8. The van der Waals surface area contributed by atoms with Crippen molar-refractivity contribution in [2.24, 2.45) is 44.8 Å². The average molecular weight is 785 g/mol. The van der Waals surface area contributed by atoms with Crippen molar-refractivity contribution in [1.29, 1.82) is 0 Å². The fraction of sp³-hybridized carbons (Fsp3) is 1.00. The number of aliphatic hydroxyl groups excluding tert-OH is 8. The lowest BCUT2D eigenvalue weighted by Gasteiger charge is -2.64. The Morgan fingerprint density at radius 3 is 2.07 bits per heavy atom. The third kappa shape index (κ3) is 5.70. The fourth-order valence-electron chi connectivity index (χ4n) is 14.9. The van der Waals surface area contributed by atoms with Gasteiger partial charge in [0.2, 0.25) is 0 Å². The van der Waals surface area contributed by atoms with Crippen LogP contribution in [0.3, 0.4) is 0 Å². The quantitative estimate of drug-likeness (QED) is 0.162. The van der Waals surface area contributed by atoms with Crippen LogP contribution in [0.2, 0.25) is 0 Å². The molecule has 8 rings (SSSR count). The number of hydrogen-bond donors (Lipinski definition) is 9. The van der Waals surface area contributed by atoms with E-state index in [1.165, 1.54) is 0 Å². The SMILES string of the molecule is CC(C)(O)[C@H]1CC[C@@](C)(C2[C@H](O)C[C@]3(C)[C@H]4C[C@@H](O)C5C(C)(C)[C@H](O[C@H]6OC[C@H](O)[C@@H](O)[C@@H]6O[C@H]6O[C@@H](CO)[C@H](O)[C@@H](O)[C@@H]6O)CC[C@]56C[C@]46CC[C@@]23C)O1. The topological polar surface area (TPSA) is 228 Å². The van der Waals surface area contributed by atoms with Gasteiger partial charge in [0.15, 0.2) is 12.6 Å². The van der Waals surface area contributed by atoms with Gasteiger partial charge in [0, 0.05) is 5.92 Å². The molecule has 0 bridgehead atoms. The molecule has 14 heteroatoms. The van der Waals surface area contributed by atoms with Gasteiger partial charge in [0.1, 0.15) is 42.7 Å². The zero-order valence-electron chi connectivity index (χ0n) is 33.6. The van der Waals surface area contributed by atoms with Crippen molar-refractivity contribution in [3.8, 4) is 0 Å². The third-order valence-electron chi connectivity index (χ3n) is 17.6. The standard InChI is InChI=1S/C41H68O14/c1-35(2)24(53-34-30(26(46)21(45)17-51-34)54-33-29(49)28(48)27(47)22(16-42)52-33)9-11-41-18-40(41)13-12-37(5)32(39(7)10-8-25(55-39)36(3,4)50)20(44)15-38(37,6)23(40)14-19(43)31(35)41/h19-34,42-50H,8-18H2,1-7H3/t19-,20-,21+,22+,23-,24-,25-,26-,27+,28-,29+,30+,31?,32?,33-,34-,37+,38-,39+,40-,41+/m1/s1. The highest BCUT2D eigenvalue weighted by Crippen LogP contribution is 2.89. The molecule has 3 saturated heterocycles. The minimum Gasteiger partial charge on any atom is -0.394 e. The summed E-state index contributed by atoms with van der Waals surface area (Å²) in [5.74, 6) is 0.0159. The van der Waals surface area contributed by atoms with Gasteiger partial charge in [-0.25, -0.2) is 0 Å². The van der Waals surface area contributed by atoms with E-state index in [2.05, 4.69) is 34.6 Å². The summed E-state index contributed by atoms with van der Waals surface area (Å²) < 4.78 is 30.9. The van der Waals surface area contributed by atoms with Crippen molar-refractivity contribution >= 4 is 0 Å². The molecule has 316 valence electrons. The highest BCUT2D eigenvalue weighted by atomic mass is 16.8. The van der Waals surface area contributed by atoms with Crippen LogP contribution in [-0.4, -0.2) is 150 Å². The summed E-state index contributed by atoms with van der Waals surface area (Å²) in [5.41, 5.74) is -2.64. The second-order valence-corrected chi connectivity index (χ2v) is 21.1. The van der Waals surface area contributed by atoms with E-state index in [4.69, 9.17) is 23.7 Å². The van der Waals surface area contributed by atoms with Gasteiger partial charge in [-0.1, -0.05) is 27.7 Å². The lowest BCUT2D eigenvalue weighted by atomic mass is 9.41. The Morgan fingerprint density at radius 1 is 0.709 bits per heavy atom. The lowest BCUT2D eigenvalue weighted by Crippen LogP contribution is -2.64. The van der Waals surface area contributed by atoms with E-state index in [-0.39, 0.29) is 52.1 Å². The van der Waals surface area contributed by atoms with Crippen LogP contribution in [-0.2, 0) is 23.7 Å². The van der Waals surface area contributed by atoms with Gasteiger partial charge in [-0.15, -0.1) is 0 Å². The van der Waals surface area contributed by atoms with Gasteiger partial charge in [0.25, 0.3) is 0 Å². The second kappa shape index (κ2) is 13.2. The smallest absolute Gasteiger partial charge is 0.187 e. The molecule has 5 saturated carbocycles. The van der Waals surface area contributed by atoms with Crippen molar-refractivity contribution < 1.29 is 69.6 Å². The third-order valence-corrected chi connectivity index (χ3v) is 17.6. The molecule has 8 aliphatic rings. The van der Waals surface area contributed by atoms with E-state index in [1.54, 1.807) is 13.8 Å². The number of rotatable bonds is 7. The molecule has 2 unspecified atom stereocenters. The first kappa shape index (κ1) is 41.2. The number of hydrogen-bond acceptors (Lipinski definition) is 14. The van der Waals surface area contributed by atoms with E-state index in [0.717, 1.165) is 38.5 Å². The first-order chi connectivity index (χ1) is 25.5. The van der Waals surface area contributed by atoms with Gasteiger partial charge >= 0.3 is 0 Å². The van der Waals surface area contributed by atoms with E-state index in [1.807, 2.05) is 0 Å². The summed E-state index contributed by atoms with van der Waals surface area (Å²) in [7, 11) is 0. The summed E-state index contributed by atoms with van der Waals surface area (Å²) in [4.78, 5) is 0. The maximum Gasteiger partial charge on any atom is 0.187 e. The fourth-order valence-corrected chi connectivity index (χ4v) is 14.9. The molecule has 5 aliphatic carbocycles.